The molecule has 2 heterocycles. The van der Waals surface area contributed by atoms with Gasteiger partial charge < -0.3 is 4.42 Å². The third kappa shape index (κ3) is 3.27. The smallest absolute Gasteiger partial charge is 0.285 e. The molecule has 0 saturated carbocycles. The van der Waals surface area contributed by atoms with Crippen molar-refractivity contribution in [2.75, 3.05) is 0 Å². The zero-order chi connectivity index (χ0) is 16.4. The van der Waals surface area contributed by atoms with Crippen molar-refractivity contribution < 1.29 is 9.34 Å². The number of pyridine rings is 1. The molecule has 0 atom stereocenters. The van der Waals surface area contributed by atoms with Crippen LogP contribution < -0.4 is 5.56 Å². The van der Waals surface area contributed by atoms with E-state index >= 15 is 0 Å². The zero-order valence-corrected chi connectivity index (χ0v) is 12.3. The molecular formula is C14H9ClN4O4. The van der Waals surface area contributed by atoms with Crippen LogP contribution in [0.3, 0.4) is 0 Å². The summed E-state index contributed by atoms with van der Waals surface area (Å²) in [5, 5.41) is 19.0. The Morgan fingerprint density at radius 1 is 1.26 bits per heavy atom. The van der Waals surface area contributed by atoms with Crippen LogP contribution in [0.15, 0.2) is 51.8 Å². The molecule has 8 nitrogen and oxygen atoms in total. The molecule has 23 heavy (non-hydrogen) atoms. The van der Waals surface area contributed by atoms with Crippen LogP contribution in [0.2, 0.25) is 5.02 Å². The number of rotatable bonds is 4. The fourth-order valence-corrected chi connectivity index (χ4v) is 2.14. The van der Waals surface area contributed by atoms with Gasteiger partial charge in [0.05, 0.1) is 11.1 Å². The molecule has 0 amide bonds. The van der Waals surface area contributed by atoms with Crippen LogP contribution in [0.1, 0.15) is 5.89 Å². The van der Waals surface area contributed by atoms with Crippen molar-refractivity contribution in [2.45, 2.75) is 6.54 Å². The molecule has 0 fully saturated rings. The molecule has 9 heteroatoms. The van der Waals surface area contributed by atoms with Gasteiger partial charge in [0.1, 0.15) is 6.54 Å². The van der Waals surface area contributed by atoms with E-state index < -0.39 is 10.5 Å². The summed E-state index contributed by atoms with van der Waals surface area (Å²) in [6.45, 7) is -0.0614. The molecule has 3 rings (SSSR count). The molecule has 116 valence electrons. The highest BCUT2D eigenvalue weighted by molar-refractivity contribution is 6.30. The Balaban J connectivity index is 1.89. The number of benzene rings is 1. The second-order valence-corrected chi connectivity index (χ2v) is 5.06. The predicted molar refractivity (Wildman–Crippen MR) is 81.2 cm³/mol. The third-order valence-corrected chi connectivity index (χ3v) is 3.26. The molecule has 0 saturated heterocycles. The first-order valence-corrected chi connectivity index (χ1v) is 6.84. The summed E-state index contributed by atoms with van der Waals surface area (Å²) in [7, 11) is 0. The highest BCUT2D eigenvalue weighted by Gasteiger charge is 2.12. The standard InChI is InChI=1S/C14H9ClN4O4/c15-10-3-1-2-9(6-10)14-17-16-12(23-14)8-18-7-11(19(21)22)4-5-13(18)20/h1-7H,8H2. The molecule has 0 radical (unpaired) electrons. The van der Waals surface area contributed by atoms with Gasteiger partial charge in [-0.2, -0.15) is 0 Å². The average molecular weight is 333 g/mol. The normalized spacial score (nSPS) is 10.7. The number of nitrogens with zero attached hydrogens (tertiary/aromatic N) is 4. The molecule has 0 unspecified atom stereocenters. The third-order valence-electron chi connectivity index (χ3n) is 3.02. The van der Waals surface area contributed by atoms with Crippen LogP contribution in [0.25, 0.3) is 11.5 Å². The summed E-state index contributed by atoms with van der Waals surface area (Å²) in [5.74, 6) is 0.406. The zero-order valence-electron chi connectivity index (χ0n) is 11.5. The summed E-state index contributed by atoms with van der Waals surface area (Å²) in [6.07, 6.45) is 1.13. The van der Waals surface area contributed by atoms with E-state index in [0.29, 0.717) is 10.6 Å². The molecule has 0 N–H and O–H groups in total. The molecule has 2 aromatic heterocycles. The fraction of sp³-hybridized carbons (Fsp3) is 0.0714. The number of halogens is 1. The SMILES string of the molecule is O=c1ccc([N+](=O)[O-])cn1Cc1nnc(-c2cccc(Cl)c2)o1. The van der Waals surface area contributed by atoms with E-state index in [4.69, 9.17) is 16.0 Å². The van der Waals surface area contributed by atoms with Crippen LogP contribution in [-0.2, 0) is 6.54 Å². The van der Waals surface area contributed by atoms with E-state index in [1.54, 1.807) is 24.3 Å². The van der Waals surface area contributed by atoms with E-state index in [1.807, 2.05) is 0 Å². The monoisotopic (exact) mass is 332 g/mol. The van der Waals surface area contributed by atoms with Crippen LogP contribution in [-0.4, -0.2) is 19.7 Å². The van der Waals surface area contributed by atoms with Crippen LogP contribution >= 0.6 is 11.6 Å². The molecule has 0 aliphatic rings. The molecular weight excluding hydrogens is 324 g/mol. The molecule has 0 aliphatic carbocycles. The Bertz CT molecular complexity index is 934. The maximum Gasteiger partial charge on any atom is 0.285 e. The van der Waals surface area contributed by atoms with Gasteiger partial charge in [-0.1, -0.05) is 17.7 Å². The van der Waals surface area contributed by atoms with Gasteiger partial charge in [0.25, 0.3) is 11.2 Å². The van der Waals surface area contributed by atoms with Crippen LogP contribution in [0.4, 0.5) is 5.69 Å². The average Bonchev–Trinajstić information content (AvgIpc) is 2.98. The van der Waals surface area contributed by atoms with Crippen molar-refractivity contribution in [3.8, 4) is 11.5 Å². The van der Waals surface area contributed by atoms with Gasteiger partial charge in [0.15, 0.2) is 0 Å². The molecule has 0 bridgehead atoms. The minimum absolute atomic E-state index is 0.0614. The van der Waals surface area contributed by atoms with Gasteiger partial charge in [-0.3, -0.25) is 19.5 Å². The minimum atomic E-state index is -0.582. The van der Waals surface area contributed by atoms with Gasteiger partial charge in [-0.25, -0.2) is 0 Å². The van der Waals surface area contributed by atoms with Gasteiger partial charge in [-0.05, 0) is 18.2 Å². The molecule has 3 aromatic rings. The number of nitro groups is 1. The Hall–Kier alpha value is -3.00. The van der Waals surface area contributed by atoms with Gasteiger partial charge in [0.2, 0.25) is 11.8 Å². The lowest BCUT2D eigenvalue weighted by Crippen LogP contribution is -2.19. The number of hydrogen-bond donors (Lipinski definition) is 0. The molecule has 0 aliphatic heterocycles. The van der Waals surface area contributed by atoms with Crippen molar-refractivity contribution in [3.63, 3.8) is 0 Å². The first kappa shape index (κ1) is 14.9. The van der Waals surface area contributed by atoms with Crippen molar-refractivity contribution in [3.05, 3.63) is 74.0 Å². The maximum atomic E-state index is 11.8. The highest BCUT2D eigenvalue weighted by atomic mass is 35.5. The first-order valence-electron chi connectivity index (χ1n) is 6.46. The quantitative estimate of drug-likeness (QED) is 0.537. The second kappa shape index (κ2) is 6.01. The molecule has 0 spiro atoms. The van der Waals surface area contributed by atoms with Crippen LogP contribution in [0, 0.1) is 10.1 Å². The summed E-state index contributed by atoms with van der Waals surface area (Å²) in [5.41, 5.74) is 0.0416. The van der Waals surface area contributed by atoms with Gasteiger partial charge in [0, 0.05) is 22.7 Å². The highest BCUT2D eigenvalue weighted by Crippen LogP contribution is 2.21. The van der Waals surface area contributed by atoms with Crippen molar-refractivity contribution in [1.82, 2.24) is 14.8 Å². The Labute approximate surface area is 134 Å². The van der Waals surface area contributed by atoms with Crippen LogP contribution in [0.5, 0.6) is 0 Å². The van der Waals surface area contributed by atoms with Crippen molar-refractivity contribution in [1.29, 1.82) is 0 Å². The maximum absolute atomic E-state index is 11.8. The summed E-state index contributed by atoms with van der Waals surface area (Å²) >= 11 is 5.90. The van der Waals surface area contributed by atoms with Gasteiger partial charge >= 0.3 is 0 Å². The Kier molecular flexibility index (Phi) is 3.90. The topological polar surface area (TPSA) is 104 Å². The van der Waals surface area contributed by atoms with E-state index in [2.05, 4.69) is 10.2 Å². The van der Waals surface area contributed by atoms with E-state index in [0.717, 1.165) is 22.9 Å². The summed E-state index contributed by atoms with van der Waals surface area (Å²) in [4.78, 5) is 21.9. The number of aromatic nitrogens is 3. The van der Waals surface area contributed by atoms with E-state index in [9.17, 15) is 14.9 Å². The fourth-order valence-electron chi connectivity index (χ4n) is 1.95. The Morgan fingerprint density at radius 2 is 2.09 bits per heavy atom. The molecule has 1 aromatic carbocycles. The lowest BCUT2D eigenvalue weighted by atomic mass is 10.2. The van der Waals surface area contributed by atoms with E-state index in [1.165, 1.54) is 0 Å². The van der Waals surface area contributed by atoms with Gasteiger partial charge in [-0.15, -0.1) is 10.2 Å². The van der Waals surface area contributed by atoms with Crippen molar-refractivity contribution in [2.24, 2.45) is 0 Å². The van der Waals surface area contributed by atoms with Crippen molar-refractivity contribution >= 4 is 17.3 Å². The minimum Gasteiger partial charge on any atom is -0.419 e. The first-order chi connectivity index (χ1) is 11.0. The predicted octanol–water partition coefficient (Wildman–Crippen LogP) is 2.51. The summed E-state index contributed by atoms with van der Waals surface area (Å²) < 4.78 is 6.61. The number of hydrogen-bond acceptors (Lipinski definition) is 6. The summed E-state index contributed by atoms with van der Waals surface area (Å²) in [6, 6.07) is 9.13. The lowest BCUT2D eigenvalue weighted by molar-refractivity contribution is -0.385. The lowest BCUT2D eigenvalue weighted by Gasteiger charge is -2.01. The second-order valence-electron chi connectivity index (χ2n) is 4.62. The Morgan fingerprint density at radius 3 is 2.83 bits per heavy atom. The largest absolute Gasteiger partial charge is 0.419 e. The van der Waals surface area contributed by atoms with E-state index in [-0.39, 0.29) is 24.0 Å².